The van der Waals surface area contributed by atoms with Gasteiger partial charge in [0, 0.05) is 19.4 Å². The Hall–Kier alpha value is -1.12. The van der Waals surface area contributed by atoms with Gasteiger partial charge in [0.05, 0.1) is 12.2 Å². The Morgan fingerprint density at radius 2 is 2.25 bits per heavy atom. The fraction of sp³-hybridized carbons (Fsp3) is 0.556. The molecule has 66 valence electrons. The van der Waals surface area contributed by atoms with E-state index in [4.69, 9.17) is 4.74 Å². The second-order valence-electron chi connectivity index (χ2n) is 3.92. The Balaban J connectivity index is 2.34. The zero-order valence-electron chi connectivity index (χ0n) is 7.72. The van der Waals surface area contributed by atoms with Gasteiger partial charge >= 0.3 is 0 Å². The maximum Gasteiger partial charge on any atom is 0.160 e. The van der Waals surface area contributed by atoms with Gasteiger partial charge in [-0.25, -0.2) is 0 Å². The van der Waals surface area contributed by atoms with Crippen LogP contribution < -0.4 is 10.1 Å². The highest BCUT2D eigenvalue weighted by Crippen LogP contribution is 2.32. The number of rotatable bonds is 0. The highest BCUT2D eigenvalue weighted by Gasteiger charge is 2.26. The Bertz CT molecular complexity index is 301. The van der Waals surface area contributed by atoms with Crippen molar-refractivity contribution in [2.45, 2.75) is 19.4 Å². The predicted molar refractivity (Wildman–Crippen MR) is 48.6 cm³/mol. The third kappa shape index (κ3) is 1.15. The average molecular weight is 166 g/mol. The summed E-state index contributed by atoms with van der Waals surface area (Å²) < 4.78 is 7.76. The van der Waals surface area contributed by atoms with Gasteiger partial charge in [-0.3, -0.25) is 0 Å². The number of fused-ring (bicyclic) bond motifs is 1. The van der Waals surface area contributed by atoms with E-state index in [9.17, 15) is 0 Å². The lowest BCUT2D eigenvalue weighted by Crippen LogP contribution is -2.39. The summed E-state index contributed by atoms with van der Waals surface area (Å²) in [5, 5.41) is 3.33. The van der Waals surface area contributed by atoms with Crippen LogP contribution in [0.2, 0.25) is 0 Å². The molecular weight excluding hydrogens is 152 g/mol. The van der Waals surface area contributed by atoms with Gasteiger partial charge in [0.2, 0.25) is 0 Å². The summed E-state index contributed by atoms with van der Waals surface area (Å²) >= 11 is 0. The number of hydrogen-bond acceptors (Lipinski definition) is 2. The molecule has 0 bridgehead atoms. The second-order valence-corrected chi connectivity index (χ2v) is 3.92. The van der Waals surface area contributed by atoms with E-state index in [1.165, 1.54) is 0 Å². The SMILES string of the molecule is Cn1cc2c(c1)OC(C)(C)CN2. The van der Waals surface area contributed by atoms with Gasteiger partial charge in [0.25, 0.3) is 0 Å². The topological polar surface area (TPSA) is 26.2 Å². The van der Waals surface area contributed by atoms with Gasteiger partial charge in [0.1, 0.15) is 5.60 Å². The van der Waals surface area contributed by atoms with Crippen molar-refractivity contribution in [2.75, 3.05) is 11.9 Å². The third-order valence-electron chi connectivity index (χ3n) is 2.01. The van der Waals surface area contributed by atoms with E-state index in [0.29, 0.717) is 0 Å². The van der Waals surface area contributed by atoms with Crippen molar-refractivity contribution in [3.05, 3.63) is 12.4 Å². The number of nitrogens with zero attached hydrogens (tertiary/aromatic N) is 1. The predicted octanol–water partition coefficient (Wildman–Crippen LogP) is 1.61. The molecule has 0 saturated heterocycles. The van der Waals surface area contributed by atoms with Crippen LogP contribution in [-0.4, -0.2) is 16.7 Å². The zero-order chi connectivity index (χ0) is 8.77. The Kier molecular flexibility index (Phi) is 1.37. The first kappa shape index (κ1) is 7.53. The molecular formula is C9H14N2O. The monoisotopic (exact) mass is 166 g/mol. The molecule has 1 aromatic rings. The van der Waals surface area contributed by atoms with Crippen LogP contribution in [0, 0.1) is 0 Å². The van der Waals surface area contributed by atoms with E-state index in [1.807, 2.05) is 24.0 Å². The van der Waals surface area contributed by atoms with Crippen molar-refractivity contribution in [2.24, 2.45) is 7.05 Å². The van der Waals surface area contributed by atoms with Crippen LogP contribution >= 0.6 is 0 Å². The molecule has 1 aromatic heterocycles. The normalized spacial score (nSPS) is 19.2. The van der Waals surface area contributed by atoms with E-state index in [0.717, 1.165) is 18.0 Å². The quantitative estimate of drug-likeness (QED) is 0.633. The summed E-state index contributed by atoms with van der Waals surface area (Å²) in [5.41, 5.74) is 1.01. The molecule has 0 fully saturated rings. The number of aryl methyl sites for hydroxylation is 1. The minimum absolute atomic E-state index is 0.0889. The van der Waals surface area contributed by atoms with Crippen LogP contribution in [0.5, 0.6) is 5.75 Å². The highest BCUT2D eigenvalue weighted by molar-refractivity contribution is 5.57. The molecule has 3 heteroatoms. The molecule has 1 aliphatic rings. The Morgan fingerprint density at radius 1 is 1.50 bits per heavy atom. The average Bonchev–Trinajstić information content (AvgIpc) is 2.26. The lowest BCUT2D eigenvalue weighted by Gasteiger charge is -2.31. The molecule has 1 aliphatic heterocycles. The maximum absolute atomic E-state index is 5.76. The fourth-order valence-electron chi connectivity index (χ4n) is 1.41. The smallest absolute Gasteiger partial charge is 0.160 e. The molecule has 1 N–H and O–H groups in total. The summed E-state index contributed by atoms with van der Waals surface area (Å²) in [6.45, 7) is 5.02. The third-order valence-corrected chi connectivity index (χ3v) is 2.01. The minimum Gasteiger partial charge on any atom is -0.482 e. The molecule has 0 amide bonds. The first-order valence-corrected chi connectivity index (χ1v) is 4.16. The molecule has 0 aliphatic carbocycles. The van der Waals surface area contributed by atoms with Crippen molar-refractivity contribution in [1.82, 2.24) is 4.57 Å². The second kappa shape index (κ2) is 2.19. The van der Waals surface area contributed by atoms with E-state index in [1.54, 1.807) is 0 Å². The molecule has 0 aromatic carbocycles. The van der Waals surface area contributed by atoms with Gasteiger partial charge in [-0.1, -0.05) is 0 Å². The van der Waals surface area contributed by atoms with Crippen LogP contribution in [0.3, 0.4) is 0 Å². The molecule has 0 radical (unpaired) electrons. The lowest BCUT2D eigenvalue weighted by molar-refractivity contribution is 0.116. The van der Waals surface area contributed by atoms with Crippen molar-refractivity contribution in [1.29, 1.82) is 0 Å². The van der Waals surface area contributed by atoms with Crippen molar-refractivity contribution < 1.29 is 4.74 Å². The van der Waals surface area contributed by atoms with Gasteiger partial charge in [-0.2, -0.15) is 0 Å². The van der Waals surface area contributed by atoms with E-state index in [2.05, 4.69) is 19.2 Å². The molecule has 0 spiro atoms. The largest absolute Gasteiger partial charge is 0.482 e. The number of ether oxygens (including phenoxy) is 1. The first-order valence-electron chi connectivity index (χ1n) is 4.16. The lowest BCUT2D eigenvalue weighted by atomic mass is 10.1. The van der Waals surface area contributed by atoms with E-state index < -0.39 is 0 Å². The maximum atomic E-state index is 5.76. The van der Waals surface area contributed by atoms with Gasteiger partial charge in [-0.15, -0.1) is 0 Å². The summed E-state index contributed by atoms with van der Waals surface area (Å²) in [6, 6.07) is 0. The molecule has 0 atom stereocenters. The summed E-state index contributed by atoms with van der Waals surface area (Å²) in [5.74, 6) is 0.953. The molecule has 0 saturated carbocycles. The number of hydrogen-bond donors (Lipinski definition) is 1. The molecule has 2 heterocycles. The van der Waals surface area contributed by atoms with Crippen molar-refractivity contribution in [3.63, 3.8) is 0 Å². The fourth-order valence-corrected chi connectivity index (χ4v) is 1.41. The standard InChI is InChI=1S/C9H14N2O/c1-9(2)6-10-7-4-11(3)5-8(7)12-9/h4-5,10H,6H2,1-3H3. The van der Waals surface area contributed by atoms with Crippen LogP contribution in [0.15, 0.2) is 12.4 Å². The van der Waals surface area contributed by atoms with Gasteiger partial charge < -0.3 is 14.6 Å². The van der Waals surface area contributed by atoms with Gasteiger partial charge in [-0.05, 0) is 13.8 Å². The summed E-state index contributed by atoms with van der Waals surface area (Å²) in [4.78, 5) is 0. The Morgan fingerprint density at radius 3 is 3.00 bits per heavy atom. The zero-order valence-corrected chi connectivity index (χ0v) is 7.72. The van der Waals surface area contributed by atoms with Crippen LogP contribution in [0.1, 0.15) is 13.8 Å². The first-order chi connectivity index (χ1) is 5.57. The van der Waals surface area contributed by atoms with E-state index >= 15 is 0 Å². The molecule has 2 rings (SSSR count). The minimum atomic E-state index is -0.0889. The Labute approximate surface area is 72.3 Å². The van der Waals surface area contributed by atoms with Gasteiger partial charge in [0.15, 0.2) is 5.75 Å². The number of aromatic nitrogens is 1. The highest BCUT2D eigenvalue weighted by atomic mass is 16.5. The summed E-state index contributed by atoms with van der Waals surface area (Å²) in [7, 11) is 2.00. The van der Waals surface area contributed by atoms with Crippen molar-refractivity contribution >= 4 is 5.69 Å². The van der Waals surface area contributed by atoms with Crippen LogP contribution in [0.25, 0.3) is 0 Å². The molecule has 0 unspecified atom stereocenters. The van der Waals surface area contributed by atoms with Crippen LogP contribution in [-0.2, 0) is 7.05 Å². The number of anilines is 1. The molecule has 3 nitrogen and oxygen atoms in total. The number of nitrogens with one attached hydrogen (secondary N) is 1. The molecule has 12 heavy (non-hydrogen) atoms. The van der Waals surface area contributed by atoms with Crippen LogP contribution in [0.4, 0.5) is 5.69 Å². The summed E-state index contributed by atoms with van der Waals surface area (Å²) in [6.07, 6.45) is 4.02. The van der Waals surface area contributed by atoms with E-state index in [-0.39, 0.29) is 5.60 Å². The van der Waals surface area contributed by atoms with Crippen molar-refractivity contribution in [3.8, 4) is 5.75 Å².